The number of benzene rings is 1. The largest absolute Gasteiger partial charge is 0.459 e. The SMILES string of the molecule is Cc1cccc(C(=O)OC(C)C2CCCC2)c1. The molecule has 0 saturated heterocycles. The summed E-state index contributed by atoms with van der Waals surface area (Å²) in [6.45, 7) is 4.00. The van der Waals surface area contributed by atoms with E-state index in [2.05, 4.69) is 0 Å². The second kappa shape index (κ2) is 5.35. The molecule has 1 aromatic carbocycles. The van der Waals surface area contributed by atoms with Gasteiger partial charge < -0.3 is 4.74 Å². The molecule has 1 saturated carbocycles. The number of esters is 1. The molecule has 1 aliphatic carbocycles. The van der Waals surface area contributed by atoms with E-state index in [-0.39, 0.29) is 12.1 Å². The van der Waals surface area contributed by atoms with Crippen molar-refractivity contribution >= 4 is 5.97 Å². The molecule has 0 aliphatic heterocycles. The third kappa shape index (κ3) is 3.09. The van der Waals surface area contributed by atoms with Crippen molar-refractivity contribution in [1.29, 1.82) is 0 Å². The molecular weight excluding hydrogens is 212 g/mol. The van der Waals surface area contributed by atoms with E-state index in [0.717, 1.165) is 5.56 Å². The normalized spacial score (nSPS) is 18.0. The van der Waals surface area contributed by atoms with Gasteiger partial charge in [0.2, 0.25) is 0 Å². The van der Waals surface area contributed by atoms with Gasteiger partial charge >= 0.3 is 5.97 Å². The van der Waals surface area contributed by atoms with Gasteiger partial charge in [0.15, 0.2) is 0 Å². The Balaban J connectivity index is 1.96. The summed E-state index contributed by atoms with van der Waals surface area (Å²) in [4.78, 5) is 11.9. The molecule has 0 amide bonds. The minimum Gasteiger partial charge on any atom is -0.459 e. The number of carbonyl (C=O) groups excluding carboxylic acids is 1. The van der Waals surface area contributed by atoms with Gasteiger partial charge in [0.1, 0.15) is 6.10 Å². The van der Waals surface area contributed by atoms with Crippen molar-refractivity contribution in [3.63, 3.8) is 0 Å². The number of hydrogen-bond donors (Lipinski definition) is 0. The lowest BCUT2D eigenvalue weighted by Crippen LogP contribution is -2.22. The molecule has 1 aromatic rings. The molecule has 2 rings (SSSR count). The quantitative estimate of drug-likeness (QED) is 0.742. The van der Waals surface area contributed by atoms with Crippen molar-refractivity contribution < 1.29 is 9.53 Å². The third-order valence-corrected chi connectivity index (χ3v) is 3.61. The highest BCUT2D eigenvalue weighted by Gasteiger charge is 2.24. The van der Waals surface area contributed by atoms with Crippen LogP contribution in [0.15, 0.2) is 24.3 Å². The summed E-state index contributed by atoms with van der Waals surface area (Å²) in [5.41, 5.74) is 1.75. The summed E-state index contributed by atoms with van der Waals surface area (Å²) in [6.07, 6.45) is 4.99. The standard InChI is InChI=1S/C15H20O2/c1-11-6-5-9-14(10-11)15(16)17-12(2)13-7-3-4-8-13/h5-6,9-10,12-13H,3-4,7-8H2,1-2H3. The number of ether oxygens (including phenoxy) is 1. The molecule has 0 N–H and O–H groups in total. The fourth-order valence-electron chi connectivity index (χ4n) is 2.53. The van der Waals surface area contributed by atoms with Crippen LogP contribution in [0.1, 0.15) is 48.5 Å². The van der Waals surface area contributed by atoms with E-state index in [4.69, 9.17) is 4.74 Å². The zero-order chi connectivity index (χ0) is 12.3. The highest BCUT2D eigenvalue weighted by molar-refractivity contribution is 5.89. The van der Waals surface area contributed by atoms with Crippen LogP contribution in [0.3, 0.4) is 0 Å². The first-order valence-electron chi connectivity index (χ1n) is 6.44. The van der Waals surface area contributed by atoms with Crippen molar-refractivity contribution in [3.8, 4) is 0 Å². The molecular formula is C15H20O2. The van der Waals surface area contributed by atoms with Crippen molar-refractivity contribution in [2.24, 2.45) is 5.92 Å². The molecule has 0 bridgehead atoms. The van der Waals surface area contributed by atoms with Crippen LogP contribution in [-0.2, 0) is 4.74 Å². The van der Waals surface area contributed by atoms with Gasteiger partial charge in [-0.2, -0.15) is 0 Å². The minimum absolute atomic E-state index is 0.0468. The number of carbonyl (C=O) groups is 1. The highest BCUT2D eigenvalue weighted by Crippen LogP contribution is 2.29. The van der Waals surface area contributed by atoms with Gasteiger partial charge in [-0.15, -0.1) is 0 Å². The second-order valence-corrected chi connectivity index (χ2v) is 5.02. The first-order valence-corrected chi connectivity index (χ1v) is 6.44. The predicted molar refractivity (Wildman–Crippen MR) is 68.0 cm³/mol. The van der Waals surface area contributed by atoms with E-state index in [1.165, 1.54) is 25.7 Å². The molecule has 0 spiro atoms. The molecule has 1 atom stereocenters. The predicted octanol–water partition coefficient (Wildman–Crippen LogP) is 3.73. The van der Waals surface area contributed by atoms with E-state index in [9.17, 15) is 4.79 Å². The van der Waals surface area contributed by atoms with Gasteiger partial charge in [-0.05, 0) is 44.7 Å². The molecule has 2 heteroatoms. The molecule has 0 radical (unpaired) electrons. The van der Waals surface area contributed by atoms with Crippen LogP contribution in [0, 0.1) is 12.8 Å². The summed E-state index contributed by atoms with van der Waals surface area (Å²) in [6, 6.07) is 7.57. The molecule has 0 aromatic heterocycles. The molecule has 1 unspecified atom stereocenters. The van der Waals surface area contributed by atoms with Gasteiger partial charge in [0.05, 0.1) is 5.56 Å². The topological polar surface area (TPSA) is 26.3 Å². The summed E-state index contributed by atoms with van der Waals surface area (Å²) in [5.74, 6) is 0.372. The number of rotatable bonds is 3. The number of hydrogen-bond acceptors (Lipinski definition) is 2. The Bertz CT molecular complexity index is 392. The highest BCUT2D eigenvalue weighted by atomic mass is 16.5. The Morgan fingerprint density at radius 3 is 2.71 bits per heavy atom. The average Bonchev–Trinajstić information content (AvgIpc) is 2.82. The van der Waals surface area contributed by atoms with E-state index in [1.54, 1.807) is 0 Å². The average molecular weight is 232 g/mol. The Labute approximate surface area is 103 Å². The summed E-state index contributed by atoms with van der Waals surface area (Å²) in [7, 11) is 0. The fraction of sp³-hybridized carbons (Fsp3) is 0.533. The maximum absolute atomic E-state index is 11.9. The molecule has 92 valence electrons. The Kier molecular flexibility index (Phi) is 3.82. The monoisotopic (exact) mass is 232 g/mol. The van der Waals surface area contributed by atoms with Crippen LogP contribution < -0.4 is 0 Å². The molecule has 1 aliphatic rings. The lowest BCUT2D eigenvalue weighted by Gasteiger charge is -2.19. The van der Waals surface area contributed by atoms with E-state index in [0.29, 0.717) is 11.5 Å². The van der Waals surface area contributed by atoms with Gasteiger partial charge in [-0.3, -0.25) is 0 Å². The first-order chi connectivity index (χ1) is 8.16. The summed E-state index contributed by atoms with van der Waals surface area (Å²) < 4.78 is 5.54. The number of aryl methyl sites for hydroxylation is 1. The summed E-state index contributed by atoms with van der Waals surface area (Å²) in [5, 5.41) is 0. The van der Waals surface area contributed by atoms with Gasteiger partial charge in [0.25, 0.3) is 0 Å². The Morgan fingerprint density at radius 1 is 1.35 bits per heavy atom. The van der Waals surface area contributed by atoms with Crippen molar-refractivity contribution in [2.45, 2.75) is 45.6 Å². The van der Waals surface area contributed by atoms with Crippen LogP contribution >= 0.6 is 0 Å². The summed E-state index contributed by atoms with van der Waals surface area (Å²) >= 11 is 0. The van der Waals surface area contributed by atoms with Crippen LogP contribution in [0.5, 0.6) is 0 Å². The van der Waals surface area contributed by atoms with E-state index >= 15 is 0 Å². The molecule has 1 fully saturated rings. The van der Waals surface area contributed by atoms with Crippen LogP contribution in [0.2, 0.25) is 0 Å². The van der Waals surface area contributed by atoms with Crippen molar-refractivity contribution in [2.75, 3.05) is 0 Å². The smallest absolute Gasteiger partial charge is 0.338 e. The molecule has 17 heavy (non-hydrogen) atoms. The fourth-order valence-corrected chi connectivity index (χ4v) is 2.53. The first kappa shape index (κ1) is 12.2. The van der Waals surface area contributed by atoms with Crippen LogP contribution in [0.4, 0.5) is 0 Å². The lowest BCUT2D eigenvalue weighted by molar-refractivity contribution is 0.0204. The molecule has 0 heterocycles. The Morgan fingerprint density at radius 2 is 2.06 bits per heavy atom. The second-order valence-electron chi connectivity index (χ2n) is 5.02. The van der Waals surface area contributed by atoms with Crippen molar-refractivity contribution in [3.05, 3.63) is 35.4 Å². The minimum atomic E-state index is -0.187. The van der Waals surface area contributed by atoms with E-state index in [1.807, 2.05) is 38.1 Å². The van der Waals surface area contributed by atoms with Crippen LogP contribution in [-0.4, -0.2) is 12.1 Å². The zero-order valence-corrected chi connectivity index (χ0v) is 10.6. The van der Waals surface area contributed by atoms with Crippen molar-refractivity contribution in [1.82, 2.24) is 0 Å². The van der Waals surface area contributed by atoms with E-state index < -0.39 is 0 Å². The maximum atomic E-state index is 11.9. The van der Waals surface area contributed by atoms with Crippen LogP contribution in [0.25, 0.3) is 0 Å². The third-order valence-electron chi connectivity index (χ3n) is 3.61. The molecule has 2 nitrogen and oxygen atoms in total. The lowest BCUT2D eigenvalue weighted by atomic mass is 10.0. The maximum Gasteiger partial charge on any atom is 0.338 e. The van der Waals surface area contributed by atoms with Gasteiger partial charge in [-0.25, -0.2) is 4.79 Å². The Hall–Kier alpha value is -1.31. The van der Waals surface area contributed by atoms with Gasteiger partial charge in [0, 0.05) is 0 Å². The zero-order valence-electron chi connectivity index (χ0n) is 10.6. The van der Waals surface area contributed by atoms with Gasteiger partial charge in [-0.1, -0.05) is 30.5 Å².